The van der Waals surface area contributed by atoms with Crippen LogP contribution in [-0.2, 0) is 9.59 Å². The van der Waals surface area contributed by atoms with Crippen molar-refractivity contribution in [1.29, 1.82) is 0 Å². The van der Waals surface area contributed by atoms with Crippen LogP contribution in [0.1, 0.15) is 31.2 Å². The zero-order valence-corrected chi connectivity index (χ0v) is 15.3. The van der Waals surface area contributed by atoms with Crippen LogP contribution in [0.3, 0.4) is 0 Å². The molecule has 26 heavy (non-hydrogen) atoms. The number of alkyl halides is 2. The van der Waals surface area contributed by atoms with Gasteiger partial charge in [0.05, 0.1) is 4.91 Å². The molecule has 0 bridgehead atoms. The summed E-state index contributed by atoms with van der Waals surface area (Å²) < 4.78 is 29.0. The zero-order valence-electron chi connectivity index (χ0n) is 13.7. The summed E-state index contributed by atoms with van der Waals surface area (Å²) in [4.78, 5) is 24.9. The molecule has 1 heterocycles. The third-order valence-electron chi connectivity index (χ3n) is 3.55. The molecule has 0 unspecified atom stereocenters. The third kappa shape index (κ3) is 6.06. The van der Waals surface area contributed by atoms with Gasteiger partial charge < -0.3 is 9.84 Å². The van der Waals surface area contributed by atoms with Crippen molar-refractivity contribution in [3.8, 4) is 5.75 Å². The maximum atomic E-state index is 12.4. The van der Waals surface area contributed by atoms with Crippen LogP contribution in [0.15, 0.2) is 29.2 Å². The lowest BCUT2D eigenvalue weighted by Crippen LogP contribution is -2.29. The molecule has 1 amide bonds. The third-order valence-corrected chi connectivity index (χ3v) is 4.93. The number of thiocarbonyl (C=S) groups is 1. The van der Waals surface area contributed by atoms with Crippen LogP contribution in [0, 0.1) is 0 Å². The SMILES string of the molecule is O=C(O)CCCCCN1C(=O)C(=Cc2ccc(OC(F)F)cc2)SC1=S. The number of rotatable bonds is 9. The van der Waals surface area contributed by atoms with E-state index in [2.05, 4.69) is 4.74 Å². The highest BCUT2D eigenvalue weighted by Crippen LogP contribution is 2.33. The van der Waals surface area contributed by atoms with Gasteiger partial charge in [0, 0.05) is 13.0 Å². The molecule has 0 aliphatic carbocycles. The van der Waals surface area contributed by atoms with E-state index in [-0.39, 0.29) is 18.1 Å². The van der Waals surface area contributed by atoms with Crippen molar-refractivity contribution in [1.82, 2.24) is 4.90 Å². The Bertz CT molecular complexity index is 707. The first-order chi connectivity index (χ1) is 12.4. The van der Waals surface area contributed by atoms with Gasteiger partial charge in [-0.2, -0.15) is 8.78 Å². The fourth-order valence-electron chi connectivity index (χ4n) is 2.31. The van der Waals surface area contributed by atoms with E-state index < -0.39 is 12.6 Å². The highest BCUT2D eigenvalue weighted by molar-refractivity contribution is 8.26. The summed E-state index contributed by atoms with van der Waals surface area (Å²) in [5.41, 5.74) is 0.675. The molecule has 0 aromatic heterocycles. The predicted molar refractivity (Wildman–Crippen MR) is 99.1 cm³/mol. The number of nitrogens with zero attached hydrogens (tertiary/aromatic N) is 1. The second-order valence-corrected chi connectivity index (χ2v) is 7.16. The van der Waals surface area contributed by atoms with Crippen molar-refractivity contribution in [2.45, 2.75) is 32.3 Å². The van der Waals surface area contributed by atoms with Crippen molar-refractivity contribution >= 4 is 46.3 Å². The van der Waals surface area contributed by atoms with Crippen LogP contribution >= 0.6 is 24.0 Å². The maximum Gasteiger partial charge on any atom is 0.387 e. The highest BCUT2D eigenvalue weighted by Gasteiger charge is 2.31. The molecule has 1 aromatic carbocycles. The number of carboxylic acid groups (broad SMARTS) is 1. The molecule has 5 nitrogen and oxygen atoms in total. The Hall–Kier alpha value is -2.00. The number of unbranched alkanes of at least 4 members (excludes halogenated alkanes) is 2. The Morgan fingerprint density at radius 3 is 2.58 bits per heavy atom. The van der Waals surface area contributed by atoms with Crippen LogP contribution < -0.4 is 4.74 Å². The summed E-state index contributed by atoms with van der Waals surface area (Å²) in [6, 6.07) is 5.97. The number of carbonyl (C=O) groups excluding carboxylic acids is 1. The monoisotopic (exact) mass is 401 g/mol. The Morgan fingerprint density at radius 2 is 1.96 bits per heavy atom. The van der Waals surface area contributed by atoms with E-state index in [0.29, 0.717) is 40.6 Å². The normalized spacial score (nSPS) is 16.0. The molecule has 2 rings (SSSR count). The lowest BCUT2D eigenvalue weighted by atomic mass is 10.2. The molecule has 1 aromatic rings. The minimum absolute atomic E-state index is 0.0473. The fourth-order valence-corrected chi connectivity index (χ4v) is 3.62. The van der Waals surface area contributed by atoms with Gasteiger partial charge in [-0.15, -0.1) is 0 Å². The van der Waals surface area contributed by atoms with Crippen LogP contribution in [-0.4, -0.2) is 39.4 Å². The molecular weight excluding hydrogens is 384 g/mol. The quantitative estimate of drug-likeness (QED) is 0.381. The molecule has 9 heteroatoms. The number of carboxylic acids is 1. The minimum atomic E-state index is -2.88. The molecule has 0 spiro atoms. The van der Waals surface area contributed by atoms with Crippen molar-refractivity contribution in [2.75, 3.05) is 6.54 Å². The van der Waals surface area contributed by atoms with Crippen LogP contribution in [0.5, 0.6) is 5.75 Å². The number of hydrogen-bond donors (Lipinski definition) is 1. The van der Waals surface area contributed by atoms with Gasteiger partial charge in [-0.1, -0.05) is 42.5 Å². The summed E-state index contributed by atoms with van der Waals surface area (Å²) in [5, 5.41) is 8.60. The summed E-state index contributed by atoms with van der Waals surface area (Å²) >= 11 is 6.41. The van der Waals surface area contributed by atoms with E-state index in [1.54, 1.807) is 18.2 Å². The number of carbonyl (C=O) groups is 2. The van der Waals surface area contributed by atoms with Crippen LogP contribution in [0.25, 0.3) is 6.08 Å². The Labute approximate surface area is 159 Å². The lowest BCUT2D eigenvalue weighted by Gasteiger charge is -2.13. The van der Waals surface area contributed by atoms with Crippen molar-refractivity contribution in [2.24, 2.45) is 0 Å². The molecular formula is C17H17F2NO4S2. The van der Waals surface area contributed by atoms with Gasteiger partial charge in [0.15, 0.2) is 0 Å². The number of thioether (sulfide) groups is 1. The second kappa shape index (κ2) is 9.63. The summed E-state index contributed by atoms with van der Waals surface area (Å²) in [6.45, 7) is -2.43. The second-order valence-electron chi connectivity index (χ2n) is 5.49. The molecule has 0 radical (unpaired) electrons. The highest BCUT2D eigenvalue weighted by atomic mass is 32.2. The van der Waals surface area contributed by atoms with Gasteiger partial charge in [0.25, 0.3) is 5.91 Å². The molecule has 1 fully saturated rings. The van der Waals surface area contributed by atoms with Crippen molar-refractivity contribution in [3.63, 3.8) is 0 Å². The van der Waals surface area contributed by atoms with E-state index in [9.17, 15) is 18.4 Å². The zero-order chi connectivity index (χ0) is 19.1. The molecule has 140 valence electrons. The van der Waals surface area contributed by atoms with Crippen LogP contribution in [0.2, 0.25) is 0 Å². The van der Waals surface area contributed by atoms with Gasteiger partial charge in [0.2, 0.25) is 0 Å². The smallest absolute Gasteiger partial charge is 0.387 e. The van der Waals surface area contributed by atoms with E-state index in [1.165, 1.54) is 28.8 Å². The van der Waals surface area contributed by atoms with Crippen molar-refractivity contribution < 1.29 is 28.2 Å². The average molecular weight is 401 g/mol. The molecule has 1 aliphatic rings. The molecule has 1 N–H and O–H groups in total. The number of ether oxygens (including phenoxy) is 1. The number of aliphatic carboxylic acids is 1. The van der Waals surface area contributed by atoms with Crippen molar-refractivity contribution in [3.05, 3.63) is 34.7 Å². The summed E-state index contributed by atoms with van der Waals surface area (Å²) in [6.07, 6.45) is 3.70. The van der Waals surface area contributed by atoms with E-state index >= 15 is 0 Å². The Morgan fingerprint density at radius 1 is 1.27 bits per heavy atom. The Balaban J connectivity index is 1.92. The first-order valence-electron chi connectivity index (χ1n) is 7.89. The minimum Gasteiger partial charge on any atom is -0.481 e. The maximum absolute atomic E-state index is 12.4. The van der Waals surface area contributed by atoms with Gasteiger partial charge >= 0.3 is 12.6 Å². The van der Waals surface area contributed by atoms with Crippen LogP contribution in [0.4, 0.5) is 8.78 Å². The van der Waals surface area contributed by atoms with Gasteiger partial charge in [-0.05, 0) is 36.6 Å². The van der Waals surface area contributed by atoms with Gasteiger partial charge in [-0.3, -0.25) is 14.5 Å². The number of halogens is 2. The predicted octanol–water partition coefficient (Wildman–Crippen LogP) is 4.13. The number of hydrogen-bond acceptors (Lipinski definition) is 5. The summed E-state index contributed by atoms with van der Waals surface area (Å²) in [5.74, 6) is -0.985. The largest absolute Gasteiger partial charge is 0.481 e. The molecule has 1 saturated heterocycles. The average Bonchev–Trinajstić information content (AvgIpc) is 2.83. The molecule has 0 atom stereocenters. The van der Waals surface area contributed by atoms with E-state index in [4.69, 9.17) is 17.3 Å². The lowest BCUT2D eigenvalue weighted by molar-refractivity contribution is -0.137. The molecule has 0 saturated carbocycles. The number of benzene rings is 1. The topological polar surface area (TPSA) is 66.8 Å². The molecule has 1 aliphatic heterocycles. The van der Waals surface area contributed by atoms with E-state index in [0.717, 1.165) is 0 Å². The fraction of sp³-hybridized carbons (Fsp3) is 0.353. The number of amides is 1. The van der Waals surface area contributed by atoms with E-state index in [1.807, 2.05) is 0 Å². The Kier molecular flexibility index (Phi) is 7.52. The van der Waals surface area contributed by atoms with Gasteiger partial charge in [0.1, 0.15) is 10.1 Å². The standard InChI is InChI=1S/C17H17F2NO4S2/c18-16(19)24-12-7-5-11(6-8-12)10-13-15(23)20(17(25)26-13)9-3-1-2-4-14(21)22/h5-8,10,16H,1-4,9H2,(H,21,22). The van der Waals surface area contributed by atoms with Gasteiger partial charge in [-0.25, -0.2) is 0 Å². The first-order valence-corrected chi connectivity index (χ1v) is 9.11. The first kappa shape index (κ1) is 20.3. The summed E-state index contributed by atoms with van der Waals surface area (Å²) in [7, 11) is 0.